The van der Waals surface area contributed by atoms with Crippen molar-refractivity contribution in [2.75, 3.05) is 13.1 Å². The van der Waals surface area contributed by atoms with Gasteiger partial charge in [0.15, 0.2) is 0 Å². The molecule has 14 heavy (non-hydrogen) atoms. The van der Waals surface area contributed by atoms with Crippen LogP contribution in [0.2, 0.25) is 0 Å². The monoisotopic (exact) mass is 194 g/mol. The molecule has 1 saturated heterocycles. The van der Waals surface area contributed by atoms with Gasteiger partial charge in [0.2, 0.25) is 5.91 Å². The Labute approximate surface area is 85.6 Å². The number of likely N-dealkylation sites (tertiary alicyclic amines) is 1. The summed E-state index contributed by atoms with van der Waals surface area (Å²) in [5.74, 6) is 3.02. The fourth-order valence-corrected chi connectivity index (χ4v) is 1.87. The van der Waals surface area contributed by atoms with Crippen molar-refractivity contribution in [3.05, 3.63) is 0 Å². The zero-order valence-corrected chi connectivity index (χ0v) is 8.70. The molecular weight excluding hydrogens is 176 g/mol. The molecule has 1 amide bonds. The maximum Gasteiger partial charge on any atom is 0.234 e. The largest absolute Gasteiger partial charge is 0.342 e. The van der Waals surface area contributed by atoms with Crippen LogP contribution >= 0.6 is 0 Å². The Balaban J connectivity index is 2.36. The number of rotatable bonds is 2. The van der Waals surface area contributed by atoms with Crippen LogP contribution in [0.3, 0.4) is 0 Å². The molecule has 0 radical (unpaired) electrons. The van der Waals surface area contributed by atoms with Crippen molar-refractivity contribution in [2.45, 2.75) is 32.2 Å². The predicted octanol–water partition coefficient (Wildman–Crippen LogP) is 0.596. The van der Waals surface area contributed by atoms with Gasteiger partial charge in [-0.25, -0.2) is 0 Å². The fraction of sp³-hybridized carbons (Fsp3) is 0.727. The van der Waals surface area contributed by atoms with Gasteiger partial charge in [0.25, 0.3) is 0 Å². The molecule has 3 nitrogen and oxygen atoms in total. The van der Waals surface area contributed by atoms with Gasteiger partial charge >= 0.3 is 0 Å². The minimum Gasteiger partial charge on any atom is -0.342 e. The Kier molecular flexibility index (Phi) is 3.97. The molecule has 2 N–H and O–H groups in total. The van der Waals surface area contributed by atoms with Crippen molar-refractivity contribution in [2.24, 2.45) is 11.7 Å². The van der Waals surface area contributed by atoms with Gasteiger partial charge in [-0.2, -0.15) is 0 Å². The summed E-state index contributed by atoms with van der Waals surface area (Å²) in [5.41, 5.74) is 5.81. The molecule has 0 spiro atoms. The highest BCUT2D eigenvalue weighted by molar-refractivity contribution is 5.78. The van der Waals surface area contributed by atoms with Crippen LogP contribution in [0.15, 0.2) is 0 Å². The first-order valence-corrected chi connectivity index (χ1v) is 5.12. The Morgan fingerprint density at radius 2 is 2.21 bits per heavy atom. The van der Waals surface area contributed by atoms with Crippen LogP contribution in [0.5, 0.6) is 0 Å². The molecule has 78 valence electrons. The van der Waals surface area contributed by atoms with Crippen LogP contribution in [-0.2, 0) is 4.79 Å². The van der Waals surface area contributed by atoms with Gasteiger partial charge in [0, 0.05) is 19.1 Å². The third-order valence-corrected chi connectivity index (χ3v) is 2.89. The lowest BCUT2D eigenvalue weighted by Gasteiger charge is -2.33. The van der Waals surface area contributed by atoms with E-state index >= 15 is 0 Å². The maximum absolute atomic E-state index is 11.4. The van der Waals surface area contributed by atoms with E-state index in [0.717, 1.165) is 25.9 Å². The molecule has 1 atom stereocenters. The zero-order valence-electron chi connectivity index (χ0n) is 8.70. The summed E-state index contributed by atoms with van der Waals surface area (Å²) in [4.78, 5) is 13.3. The molecule has 1 rings (SSSR count). The second-order valence-corrected chi connectivity index (χ2v) is 3.96. The van der Waals surface area contributed by atoms with E-state index in [0.29, 0.717) is 5.92 Å². The summed E-state index contributed by atoms with van der Waals surface area (Å²) >= 11 is 0. The third-order valence-electron chi connectivity index (χ3n) is 2.89. The summed E-state index contributed by atoms with van der Waals surface area (Å²) in [6.45, 7) is 3.66. The van der Waals surface area contributed by atoms with Crippen LogP contribution in [-0.4, -0.2) is 29.9 Å². The highest BCUT2D eigenvalue weighted by atomic mass is 16.2. The number of nitrogens with two attached hydrogens (primary N) is 1. The normalized spacial score (nSPS) is 20.2. The first kappa shape index (κ1) is 11.1. The smallest absolute Gasteiger partial charge is 0.234 e. The predicted molar refractivity (Wildman–Crippen MR) is 56.4 cm³/mol. The minimum absolute atomic E-state index is 0.0793. The fourth-order valence-electron chi connectivity index (χ4n) is 1.87. The SMILES string of the molecule is C#CCC(=O)N1CCC(C(C)N)CC1. The van der Waals surface area contributed by atoms with Crippen LogP contribution in [0, 0.1) is 18.3 Å². The van der Waals surface area contributed by atoms with E-state index in [-0.39, 0.29) is 18.4 Å². The van der Waals surface area contributed by atoms with Crippen molar-refractivity contribution in [1.82, 2.24) is 4.90 Å². The van der Waals surface area contributed by atoms with Crippen molar-refractivity contribution in [3.63, 3.8) is 0 Å². The molecule has 3 heteroatoms. The van der Waals surface area contributed by atoms with Gasteiger partial charge < -0.3 is 10.6 Å². The highest BCUT2D eigenvalue weighted by Gasteiger charge is 2.23. The van der Waals surface area contributed by atoms with Crippen LogP contribution in [0.25, 0.3) is 0 Å². The summed E-state index contributed by atoms with van der Waals surface area (Å²) in [6, 6.07) is 0.236. The first-order chi connectivity index (χ1) is 6.65. The standard InChI is InChI=1S/C11H18N2O/c1-3-4-11(14)13-7-5-10(6-8-13)9(2)12/h1,9-10H,4-8,12H2,2H3. The van der Waals surface area contributed by atoms with E-state index in [1.54, 1.807) is 0 Å². The molecule has 1 aliphatic heterocycles. The molecule has 0 saturated carbocycles. The molecule has 0 aromatic rings. The summed E-state index contributed by atoms with van der Waals surface area (Å²) in [7, 11) is 0. The van der Waals surface area contributed by atoms with Crippen molar-refractivity contribution >= 4 is 5.91 Å². The first-order valence-electron chi connectivity index (χ1n) is 5.12. The molecule has 0 aromatic heterocycles. The lowest BCUT2D eigenvalue weighted by molar-refractivity contribution is -0.131. The van der Waals surface area contributed by atoms with Gasteiger partial charge in [0.1, 0.15) is 0 Å². The van der Waals surface area contributed by atoms with Crippen LogP contribution in [0.4, 0.5) is 0 Å². The van der Waals surface area contributed by atoms with Gasteiger partial charge in [0.05, 0.1) is 6.42 Å². The summed E-state index contributed by atoms with van der Waals surface area (Å²) < 4.78 is 0. The van der Waals surface area contributed by atoms with Gasteiger partial charge in [-0.1, -0.05) is 5.92 Å². The van der Waals surface area contributed by atoms with Crippen molar-refractivity contribution in [1.29, 1.82) is 0 Å². The van der Waals surface area contributed by atoms with E-state index in [9.17, 15) is 4.79 Å². The van der Waals surface area contributed by atoms with Crippen LogP contribution in [0.1, 0.15) is 26.2 Å². The number of carbonyl (C=O) groups is 1. The number of terminal acetylenes is 1. The summed E-state index contributed by atoms with van der Waals surface area (Å²) in [5, 5.41) is 0. The Bertz CT molecular complexity index is 234. The topological polar surface area (TPSA) is 46.3 Å². The Morgan fingerprint density at radius 3 is 2.64 bits per heavy atom. The Morgan fingerprint density at radius 1 is 1.64 bits per heavy atom. The van der Waals surface area contributed by atoms with E-state index < -0.39 is 0 Å². The maximum atomic E-state index is 11.4. The number of hydrogen-bond acceptors (Lipinski definition) is 2. The molecule has 0 aromatic carbocycles. The molecule has 1 unspecified atom stereocenters. The number of hydrogen-bond donors (Lipinski definition) is 1. The minimum atomic E-state index is 0.0793. The van der Waals surface area contributed by atoms with E-state index in [1.165, 1.54) is 0 Å². The number of carbonyl (C=O) groups excluding carboxylic acids is 1. The second kappa shape index (κ2) is 5.02. The average molecular weight is 194 g/mol. The van der Waals surface area contributed by atoms with Gasteiger partial charge in [-0.3, -0.25) is 4.79 Å². The molecule has 1 heterocycles. The van der Waals surface area contributed by atoms with E-state index in [1.807, 2.05) is 11.8 Å². The number of amides is 1. The molecule has 0 bridgehead atoms. The van der Waals surface area contributed by atoms with Gasteiger partial charge in [-0.05, 0) is 25.7 Å². The van der Waals surface area contributed by atoms with Gasteiger partial charge in [-0.15, -0.1) is 6.42 Å². The Hall–Kier alpha value is -1.01. The highest BCUT2D eigenvalue weighted by Crippen LogP contribution is 2.19. The molecule has 1 fully saturated rings. The lowest BCUT2D eigenvalue weighted by atomic mass is 9.91. The number of piperidine rings is 1. The van der Waals surface area contributed by atoms with Crippen molar-refractivity contribution in [3.8, 4) is 12.3 Å². The summed E-state index contributed by atoms with van der Waals surface area (Å²) in [6.07, 6.45) is 7.34. The van der Waals surface area contributed by atoms with E-state index in [4.69, 9.17) is 12.2 Å². The molecule has 1 aliphatic rings. The lowest BCUT2D eigenvalue weighted by Crippen LogP contribution is -2.42. The third kappa shape index (κ3) is 2.74. The second-order valence-electron chi connectivity index (χ2n) is 3.96. The molecule has 0 aliphatic carbocycles. The van der Waals surface area contributed by atoms with Crippen molar-refractivity contribution < 1.29 is 4.79 Å². The quantitative estimate of drug-likeness (QED) is 0.654. The average Bonchev–Trinajstić information content (AvgIpc) is 2.18. The van der Waals surface area contributed by atoms with E-state index in [2.05, 4.69) is 5.92 Å². The zero-order chi connectivity index (χ0) is 10.6. The van der Waals surface area contributed by atoms with Crippen LogP contribution < -0.4 is 5.73 Å². The number of nitrogens with zero attached hydrogens (tertiary/aromatic N) is 1. The molecular formula is C11H18N2O.